The van der Waals surface area contributed by atoms with Crippen LogP contribution in [-0.4, -0.2) is 16.1 Å². The summed E-state index contributed by atoms with van der Waals surface area (Å²) in [7, 11) is 0. The summed E-state index contributed by atoms with van der Waals surface area (Å²) >= 11 is 3.49. The minimum atomic E-state index is 0.538. The van der Waals surface area contributed by atoms with Gasteiger partial charge in [0.05, 0.1) is 0 Å². The van der Waals surface area contributed by atoms with Crippen LogP contribution < -0.4 is 5.32 Å². The molecule has 0 saturated heterocycles. The van der Waals surface area contributed by atoms with Crippen molar-refractivity contribution in [2.45, 2.75) is 45.2 Å². The van der Waals surface area contributed by atoms with Crippen molar-refractivity contribution < 1.29 is 0 Å². The summed E-state index contributed by atoms with van der Waals surface area (Å²) in [5.41, 5.74) is 4.24. The summed E-state index contributed by atoms with van der Waals surface area (Å²) in [5.74, 6) is 0. The van der Waals surface area contributed by atoms with E-state index in [9.17, 15) is 0 Å². The Morgan fingerprint density at radius 2 is 2.29 bits per heavy atom. The third-order valence-corrected chi connectivity index (χ3v) is 4.51. The normalized spacial score (nSPS) is 17.7. The van der Waals surface area contributed by atoms with Gasteiger partial charge in [0.15, 0.2) is 0 Å². The van der Waals surface area contributed by atoms with E-state index in [1.54, 1.807) is 0 Å². The monoisotopic (exact) mass is 347 g/mol. The van der Waals surface area contributed by atoms with E-state index in [4.69, 9.17) is 0 Å². The largest absolute Gasteiger partial charge is 0.349 e. The molecule has 1 atom stereocenters. The highest BCUT2D eigenvalue weighted by Crippen LogP contribution is 2.30. The lowest BCUT2D eigenvalue weighted by Gasteiger charge is -2.23. The lowest BCUT2D eigenvalue weighted by atomic mass is 9.91. The molecular weight excluding hydrogens is 326 g/mol. The molecule has 0 aromatic carbocycles. The topological polar surface area (TPSA) is 29.9 Å². The number of hydrogen-bond donors (Lipinski definition) is 1. The smallest absolute Gasteiger partial charge is 0.0486 e. The molecule has 0 bridgehead atoms. The minimum Gasteiger partial charge on any atom is -0.349 e. The zero-order chi connectivity index (χ0) is 14.7. The fourth-order valence-electron chi connectivity index (χ4n) is 3.12. The van der Waals surface area contributed by atoms with Gasteiger partial charge in [0, 0.05) is 41.8 Å². The van der Waals surface area contributed by atoms with Crippen LogP contribution in [0, 0.1) is 0 Å². The standard InChI is InChI=1S/C17H22BrN3/c1-2-6-20-17-5-3-4-14-11-21(12-16(14)17)10-13-7-15(18)9-19-8-13/h7-9,11-12,17,20H,2-6,10H2,1H3. The zero-order valence-electron chi connectivity index (χ0n) is 12.5. The molecule has 2 aromatic rings. The van der Waals surface area contributed by atoms with Gasteiger partial charge in [-0.15, -0.1) is 0 Å². The first kappa shape index (κ1) is 14.8. The van der Waals surface area contributed by atoms with Crippen LogP contribution in [0.4, 0.5) is 0 Å². The van der Waals surface area contributed by atoms with Gasteiger partial charge in [0.2, 0.25) is 0 Å². The number of fused-ring (bicyclic) bond motifs is 1. The van der Waals surface area contributed by atoms with E-state index in [-0.39, 0.29) is 0 Å². The van der Waals surface area contributed by atoms with Crippen molar-refractivity contribution in [1.29, 1.82) is 0 Å². The molecule has 1 unspecified atom stereocenters. The van der Waals surface area contributed by atoms with E-state index in [1.807, 2.05) is 12.4 Å². The molecule has 1 aliphatic carbocycles. The number of nitrogens with zero attached hydrogens (tertiary/aromatic N) is 2. The second-order valence-corrected chi connectivity index (χ2v) is 6.74. The SMILES string of the molecule is CCCNC1CCCc2cn(Cc3cncc(Br)c3)cc21. The van der Waals surface area contributed by atoms with Crippen molar-refractivity contribution in [3.05, 3.63) is 52.0 Å². The molecule has 2 aromatic heterocycles. The van der Waals surface area contributed by atoms with Crippen molar-refractivity contribution in [1.82, 2.24) is 14.9 Å². The summed E-state index contributed by atoms with van der Waals surface area (Å²) in [4.78, 5) is 4.25. The van der Waals surface area contributed by atoms with Crippen LogP contribution in [0.5, 0.6) is 0 Å². The van der Waals surface area contributed by atoms with Crippen LogP contribution in [0.15, 0.2) is 35.3 Å². The molecular formula is C17H22BrN3. The van der Waals surface area contributed by atoms with Gasteiger partial charge in [-0.2, -0.15) is 0 Å². The number of nitrogens with one attached hydrogen (secondary N) is 1. The Balaban J connectivity index is 1.78. The summed E-state index contributed by atoms with van der Waals surface area (Å²) in [6.45, 7) is 4.22. The van der Waals surface area contributed by atoms with Gasteiger partial charge in [0.25, 0.3) is 0 Å². The van der Waals surface area contributed by atoms with E-state index in [2.05, 4.69) is 56.2 Å². The van der Waals surface area contributed by atoms with Crippen LogP contribution in [0.2, 0.25) is 0 Å². The van der Waals surface area contributed by atoms with E-state index < -0.39 is 0 Å². The molecule has 2 heterocycles. The van der Waals surface area contributed by atoms with Crippen molar-refractivity contribution in [2.75, 3.05) is 6.54 Å². The van der Waals surface area contributed by atoms with Crippen molar-refractivity contribution in [3.8, 4) is 0 Å². The highest BCUT2D eigenvalue weighted by Gasteiger charge is 2.21. The van der Waals surface area contributed by atoms with Gasteiger partial charge in [0.1, 0.15) is 0 Å². The Labute approximate surface area is 134 Å². The first-order valence-electron chi connectivity index (χ1n) is 7.77. The van der Waals surface area contributed by atoms with Crippen molar-refractivity contribution in [3.63, 3.8) is 0 Å². The summed E-state index contributed by atoms with van der Waals surface area (Å²) in [5, 5.41) is 3.68. The van der Waals surface area contributed by atoms with Crippen LogP contribution >= 0.6 is 15.9 Å². The molecule has 0 saturated carbocycles. The predicted molar refractivity (Wildman–Crippen MR) is 89.4 cm³/mol. The zero-order valence-corrected chi connectivity index (χ0v) is 14.1. The van der Waals surface area contributed by atoms with Gasteiger partial charge in [-0.1, -0.05) is 6.92 Å². The van der Waals surface area contributed by atoms with Gasteiger partial charge >= 0.3 is 0 Å². The average Bonchev–Trinajstić information content (AvgIpc) is 2.88. The molecule has 0 aliphatic heterocycles. The Morgan fingerprint density at radius 3 is 3.10 bits per heavy atom. The highest BCUT2D eigenvalue weighted by atomic mass is 79.9. The molecule has 0 spiro atoms. The van der Waals surface area contributed by atoms with E-state index in [1.165, 1.54) is 42.4 Å². The molecule has 21 heavy (non-hydrogen) atoms. The van der Waals surface area contributed by atoms with Crippen LogP contribution in [0.1, 0.15) is 48.9 Å². The highest BCUT2D eigenvalue weighted by molar-refractivity contribution is 9.10. The van der Waals surface area contributed by atoms with Gasteiger partial charge < -0.3 is 9.88 Å². The fourth-order valence-corrected chi connectivity index (χ4v) is 3.54. The third kappa shape index (κ3) is 3.55. The lowest BCUT2D eigenvalue weighted by molar-refractivity contribution is 0.462. The number of hydrogen-bond acceptors (Lipinski definition) is 2. The van der Waals surface area contributed by atoms with E-state index in [0.717, 1.165) is 17.6 Å². The van der Waals surface area contributed by atoms with Crippen LogP contribution in [-0.2, 0) is 13.0 Å². The number of aryl methyl sites for hydroxylation is 1. The van der Waals surface area contributed by atoms with Crippen LogP contribution in [0.25, 0.3) is 0 Å². The number of halogens is 1. The first-order valence-corrected chi connectivity index (χ1v) is 8.57. The van der Waals surface area contributed by atoms with Crippen molar-refractivity contribution in [2.24, 2.45) is 0 Å². The first-order chi connectivity index (χ1) is 10.3. The number of rotatable bonds is 5. The van der Waals surface area contributed by atoms with Gasteiger partial charge in [-0.25, -0.2) is 0 Å². The maximum absolute atomic E-state index is 4.25. The van der Waals surface area contributed by atoms with Gasteiger partial charge in [-0.05, 0) is 70.9 Å². The summed E-state index contributed by atoms with van der Waals surface area (Å²) in [6.07, 6.45) is 13.4. The Kier molecular flexibility index (Phi) is 4.76. The fraction of sp³-hybridized carbons (Fsp3) is 0.471. The number of aromatic nitrogens is 2. The molecule has 0 fully saturated rings. The quantitative estimate of drug-likeness (QED) is 0.883. The maximum atomic E-state index is 4.25. The molecule has 1 N–H and O–H groups in total. The molecule has 0 radical (unpaired) electrons. The summed E-state index contributed by atoms with van der Waals surface area (Å²) in [6, 6.07) is 2.68. The molecule has 4 heteroatoms. The van der Waals surface area contributed by atoms with Gasteiger partial charge in [-0.3, -0.25) is 4.98 Å². The lowest BCUT2D eigenvalue weighted by Crippen LogP contribution is -2.24. The molecule has 3 rings (SSSR count). The molecule has 3 nitrogen and oxygen atoms in total. The van der Waals surface area contributed by atoms with Crippen LogP contribution in [0.3, 0.4) is 0 Å². The summed E-state index contributed by atoms with van der Waals surface area (Å²) < 4.78 is 3.35. The average molecular weight is 348 g/mol. The predicted octanol–water partition coefficient (Wildman–Crippen LogP) is 4.07. The second kappa shape index (κ2) is 6.75. The van der Waals surface area contributed by atoms with E-state index >= 15 is 0 Å². The molecule has 1 aliphatic rings. The maximum Gasteiger partial charge on any atom is 0.0486 e. The Bertz CT molecular complexity index is 606. The molecule has 112 valence electrons. The minimum absolute atomic E-state index is 0.538. The Hall–Kier alpha value is -1.13. The van der Waals surface area contributed by atoms with E-state index in [0.29, 0.717) is 6.04 Å². The second-order valence-electron chi connectivity index (χ2n) is 5.82. The molecule has 0 amide bonds. The Morgan fingerprint density at radius 1 is 1.38 bits per heavy atom. The van der Waals surface area contributed by atoms with Crippen molar-refractivity contribution >= 4 is 15.9 Å². The number of pyridine rings is 1. The third-order valence-electron chi connectivity index (χ3n) is 4.08.